The zero-order valence-corrected chi connectivity index (χ0v) is 16.9. The third kappa shape index (κ3) is 4.07. The average Bonchev–Trinajstić information content (AvgIpc) is 2.85. The molecule has 1 saturated heterocycles. The molecule has 0 amide bonds. The average molecular weight is 412 g/mol. The van der Waals surface area contributed by atoms with E-state index in [1.807, 2.05) is 36.4 Å². The van der Waals surface area contributed by atoms with Crippen LogP contribution in [-0.4, -0.2) is 46.3 Å². The maximum Gasteiger partial charge on any atom is 0.225 e. The Labute approximate surface area is 180 Å². The molecule has 0 spiro atoms. The van der Waals surface area contributed by atoms with Gasteiger partial charge in [-0.3, -0.25) is 0 Å². The summed E-state index contributed by atoms with van der Waals surface area (Å²) in [4.78, 5) is 13.1. The molecule has 0 unspecified atom stereocenters. The van der Waals surface area contributed by atoms with Crippen molar-refractivity contribution in [2.24, 2.45) is 0 Å². The first kappa shape index (κ1) is 19.1. The summed E-state index contributed by atoms with van der Waals surface area (Å²) in [6, 6.07) is 20.3. The minimum atomic E-state index is -0.258. The Morgan fingerprint density at radius 1 is 0.677 bits per heavy atom. The van der Waals surface area contributed by atoms with Gasteiger partial charge in [0.1, 0.15) is 11.5 Å². The smallest absolute Gasteiger partial charge is 0.225 e. The van der Waals surface area contributed by atoms with Gasteiger partial charge in [-0.1, -0.05) is 42.5 Å². The number of halogens is 1. The Balaban J connectivity index is 1.45. The monoisotopic (exact) mass is 412 g/mol. The molecule has 4 aromatic rings. The van der Waals surface area contributed by atoms with Crippen LogP contribution >= 0.6 is 0 Å². The third-order valence-electron chi connectivity index (χ3n) is 5.42. The van der Waals surface area contributed by atoms with E-state index in [0.29, 0.717) is 0 Å². The number of rotatable bonds is 4. The third-order valence-corrected chi connectivity index (χ3v) is 5.42. The van der Waals surface area contributed by atoms with E-state index < -0.39 is 0 Å². The molecule has 0 atom stereocenters. The Morgan fingerprint density at radius 3 is 2.06 bits per heavy atom. The van der Waals surface area contributed by atoms with E-state index >= 15 is 0 Å². The molecular weight excluding hydrogens is 391 g/mol. The van der Waals surface area contributed by atoms with Crippen molar-refractivity contribution >= 4 is 11.8 Å². The summed E-state index contributed by atoms with van der Waals surface area (Å²) >= 11 is 0. The van der Waals surface area contributed by atoms with Gasteiger partial charge >= 0.3 is 0 Å². The predicted molar refractivity (Wildman–Crippen MR) is 119 cm³/mol. The first-order valence-corrected chi connectivity index (χ1v) is 10.2. The lowest BCUT2D eigenvalue weighted by Gasteiger charge is -2.35. The van der Waals surface area contributed by atoms with Crippen molar-refractivity contribution in [3.8, 4) is 22.4 Å². The first-order valence-electron chi connectivity index (χ1n) is 10.2. The Hall–Kier alpha value is -3.87. The van der Waals surface area contributed by atoms with Gasteiger partial charge in [0.05, 0.1) is 0 Å². The van der Waals surface area contributed by atoms with Gasteiger partial charge in [0.25, 0.3) is 0 Å². The highest BCUT2D eigenvalue weighted by atomic mass is 19.1. The summed E-state index contributed by atoms with van der Waals surface area (Å²) in [5.74, 6) is 1.30. The number of nitrogens with zero attached hydrogens (tertiary/aromatic N) is 6. The molecule has 2 aromatic carbocycles. The molecule has 1 aliphatic heterocycles. The highest BCUT2D eigenvalue weighted by Gasteiger charge is 2.21. The fourth-order valence-corrected chi connectivity index (χ4v) is 3.78. The molecule has 0 saturated carbocycles. The number of benzene rings is 2. The molecule has 0 N–H and O–H groups in total. The number of piperazine rings is 1. The quantitative estimate of drug-likeness (QED) is 0.504. The van der Waals surface area contributed by atoms with Crippen molar-refractivity contribution in [2.75, 3.05) is 36.0 Å². The Kier molecular flexibility index (Phi) is 5.22. The molecule has 1 fully saturated rings. The maximum absolute atomic E-state index is 13.5. The van der Waals surface area contributed by atoms with Crippen LogP contribution in [0.5, 0.6) is 0 Å². The molecule has 7 heteroatoms. The summed E-state index contributed by atoms with van der Waals surface area (Å²) in [6.07, 6.45) is 3.52. The zero-order chi connectivity index (χ0) is 21.0. The number of hydrogen-bond donors (Lipinski definition) is 0. The van der Waals surface area contributed by atoms with Gasteiger partial charge in [0.2, 0.25) is 5.95 Å². The number of aromatic nitrogens is 4. The summed E-state index contributed by atoms with van der Waals surface area (Å²) in [6.45, 7) is 3.19. The minimum absolute atomic E-state index is 0.258. The van der Waals surface area contributed by atoms with Gasteiger partial charge in [-0.05, 0) is 29.8 Å². The predicted octanol–water partition coefficient (Wildman–Crippen LogP) is 4.07. The summed E-state index contributed by atoms with van der Waals surface area (Å²) in [7, 11) is 0. The summed E-state index contributed by atoms with van der Waals surface area (Å²) < 4.78 is 13.5. The van der Waals surface area contributed by atoms with Gasteiger partial charge < -0.3 is 9.80 Å². The maximum atomic E-state index is 13.5. The molecule has 154 valence electrons. The lowest BCUT2D eigenvalue weighted by molar-refractivity contribution is 0.628. The van der Waals surface area contributed by atoms with Crippen LogP contribution in [0.1, 0.15) is 0 Å². The van der Waals surface area contributed by atoms with Gasteiger partial charge in [-0.25, -0.2) is 14.4 Å². The van der Waals surface area contributed by atoms with E-state index in [1.54, 1.807) is 24.5 Å². The summed E-state index contributed by atoms with van der Waals surface area (Å²) in [5, 5.41) is 9.11. The Bertz CT molecular complexity index is 1140. The SMILES string of the molecule is Fc1ccc(-c2cc(N3CCN(c4ncccn4)CC3)nnc2-c2ccccc2)cc1. The second-order valence-electron chi connectivity index (χ2n) is 7.36. The standard InChI is InChI=1S/C24H21FN6/c25-20-9-7-18(8-10-20)21-17-22(28-29-23(21)19-5-2-1-3-6-19)30-13-15-31(16-14-30)24-26-11-4-12-27-24/h1-12,17H,13-16H2. The van der Waals surface area contributed by atoms with E-state index in [0.717, 1.165) is 60.3 Å². The molecule has 0 aliphatic carbocycles. The molecule has 1 aliphatic rings. The summed E-state index contributed by atoms with van der Waals surface area (Å²) in [5.41, 5.74) is 3.61. The molecule has 0 bridgehead atoms. The lowest BCUT2D eigenvalue weighted by Crippen LogP contribution is -2.47. The largest absolute Gasteiger partial charge is 0.352 e. The second kappa shape index (κ2) is 8.47. The molecule has 3 heterocycles. The van der Waals surface area contributed by atoms with Crippen LogP contribution < -0.4 is 9.80 Å². The fourth-order valence-electron chi connectivity index (χ4n) is 3.78. The van der Waals surface area contributed by atoms with Crippen molar-refractivity contribution < 1.29 is 4.39 Å². The minimum Gasteiger partial charge on any atom is -0.352 e. The van der Waals surface area contributed by atoms with Crippen molar-refractivity contribution in [3.05, 3.63) is 84.9 Å². The highest BCUT2D eigenvalue weighted by molar-refractivity contribution is 5.82. The molecule has 0 radical (unpaired) electrons. The van der Waals surface area contributed by atoms with Gasteiger partial charge in [-0.2, -0.15) is 0 Å². The fraction of sp³-hybridized carbons (Fsp3) is 0.167. The normalized spacial score (nSPS) is 14.0. The van der Waals surface area contributed by atoms with Gasteiger partial charge in [0, 0.05) is 49.7 Å². The van der Waals surface area contributed by atoms with Crippen LogP contribution in [0, 0.1) is 5.82 Å². The molecular formula is C24H21FN6. The van der Waals surface area contributed by atoms with E-state index in [2.05, 4.69) is 36.0 Å². The topological polar surface area (TPSA) is 58.0 Å². The Morgan fingerprint density at radius 2 is 1.35 bits per heavy atom. The van der Waals surface area contributed by atoms with E-state index in [4.69, 9.17) is 0 Å². The van der Waals surface area contributed by atoms with E-state index in [1.165, 1.54) is 12.1 Å². The van der Waals surface area contributed by atoms with Crippen molar-refractivity contribution in [1.29, 1.82) is 0 Å². The van der Waals surface area contributed by atoms with Crippen LogP contribution in [0.4, 0.5) is 16.2 Å². The first-order chi connectivity index (χ1) is 15.3. The van der Waals surface area contributed by atoms with Crippen molar-refractivity contribution in [3.63, 3.8) is 0 Å². The number of anilines is 2. The van der Waals surface area contributed by atoms with Crippen LogP contribution in [0.15, 0.2) is 79.1 Å². The van der Waals surface area contributed by atoms with E-state index in [-0.39, 0.29) is 5.82 Å². The van der Waals surface area contributed by atoms with Gasteiger partial charge in [0.15, 0.2) is 5.82 Å². The van der Waals surface area contributed by atoms with Crippen LogP contribution in [0.3, 0.4) is 0 Å². The van der Waals surface area contributed by atoms with Crippen LogP contribution in [-0.2, 0) is 0 Å². The lowest BCUT2D eigenvalue weighted by atomic mass is 10.00. The van der Waals surface area contributed by atoms with Crippen molar-refractivity contribution in [1.82, 2.24) is 20.2 Å². The highest BCUT2D eigenvalue weighted by Crippen LogP contribution is 2.32. The molecule has 6 nitrogen and oxygen atoms in total. The van der Waals surface area contributed by atoms with Crippen molar-refractivity contribution in [2.45, 2.75) is 0 Å². The zero-order valence-electron chi connectivity index (χ0n) is 16.9. The van der Waals surface area contributed by atoms with Gasteiger partial charge in [-0.15, -0.1) is 10.2 Å². The molecule has 31 heavy (non-hydrogen) atoms. The molecule has 2 aromatic heterocycles. The second-order valence-corrected chi connectivity index (χ2v) is 7.36. The molecule has 5 rings (SSSR count). The van der Waals surface area contributed by atoms with E-state index in [9.17, 15) is 4.39 Å². The van der Waals surface area contributed by atoms with Crippen LogP contribution in [0.2, 0.25) is 0 Å². The number of hydrogen-bond acceptors (Lipinski definition) is 6. The van der Waals surface area contributed by atoms with Crippen LogP contribution in [0.25, 0.3) is 22.4 Å².